The zero-order chi connectivity index (χ0) is 13.1. The van der Waals surface area contributed by atoms with Gasteiger partial charge in [-0.25, -0.2) is 0 Å². The topological polar surface area (TPSA) is 29.3 Å². The second-order valence-corrected chi connectivity index (χ2v) is 5.73. The Bertz CT molecular complexity index is 375. The third-order valence-electron chi connectivity index (χ3n) is 3.96. The summed E-state index contributed by atoms with van der Waals surface area (Å²) in [5.74, 6) is 0. The Hall–Kier alpha value is -0.570. The minimum absolute atomic E-state index is 0.137. The molecule has 0 spiro atoms. The van der Waals surface area contributed by atoms with Gasteiger partial charge in [-0.1, -0.05) is 30.7 Å². The van der Waals surface area contributed by atoms with Crippen molar-refractivity contribution in [3.05, 3.63) is 34.9 Å². The molecule has 1 heterocycles. The molecule has 0 amide bonds. The molecule has 3 heteroatoms. The maximum absolute atomic E-state index is 6.23. The number of nitrogens with zero attached hydrogens (tertiary/aromatic N) is 1. The lowest BCUT2D eigenvalue weighted by atomic mass is 9.98. The van der Waals surface area contributed by atoms with E-state index in [1.54, 1.807) is 0 Å². The van der Waals surface area contributed by atoms with Gasteiger partial charge in [0.25, 0.3) is 0 Å². The van der Waals surface area contributed by atoms with Crippen LogP contribution in [0, 0.1) is 0 Å². The number of rotatable bonds is 4. The molecule has 1 fully saturated rings. The Kier molecular flexibility index (Phi) is 4.66. The summed E-state index contributed by atoms with van der Waals surface area (Å²) < 4.78 is 0. The highest BCUT2D eigenvalue weighted by Gasteiger charge is 2.32. The first-order valence-electron chi connectivity index (χ1n) is 6.90. The fraction of sp³-hybridized carbons (Fsp3) is 0.600. The van der Waals surface area contributed by atoms with Gasteiger partial charge in [0, 0.05) is 23.1 Å². The average molecular weight is 267 g/mol. The first kappa shape index (κ1) is 13.9. The highest BCUT2D eigenvalue weighted by molar-refractivity contribution is 6.30. The Balaban J connectivity index is 2.25. The van der Waals surface area contributed by atoms with Crippen molar-refractivity contribution in [2.45, 2.75) is 51.2 Å². The van der Waals surface area contributed by atoms with E-state index in [-0.39, 0.29) is 6.04 Å². The molecule has 1 aromatic carbocycles. The lowest BCUT2D eigenvalue weighted by molar-refractivity contribution is 0.157. The molecular formula is C15H23ClN2. The van der Waals surface area contributed by atoms with Crippen LogP contribution in [0.5, 0.6) is 0 Å². The molecule has 0 radical (unpaired) electrons. The van der Waals surface area contributed by atoms with Gasteiger partial charge in [0.15, 0.2) is 0 Å². The molecule has 0 bridgehead atoms. The lowest BCUT2D eigenvalue weighted by Gasteiger charge is -2.35. The molecule has 1 saturated heterocycles. The van der Waals surface area contributed by atoms with Crippen molar-refractivity contribution in [3.8, 4) is 0 Å². The molecule has 2 N–H and O–H groups in total. The van der Waals surface area contributed by atoms with E-state index in [9.17, 15) is 0 Å². The molecule has 0 aromatic heterocycles. The fourth-order valence-corrected chi connectivity index (χ4v) is 3.25. The highest BCUT2D eigenvalue weighted by atomic mass is 35.5. The highest BCUT2D eigenvalue weighted by Crippen LogP contribution is 2.33. The molecule has 2 nitrogen and oxygen atoms in total. The van der Waals surface area contributed by atoms with Gasteiger partial charge < -0.3 is 5.73 Å². The summed E-state index contributed by atoms with van der Waals surface area (Å²) in [5.41, 5.74) is 7.52. The predicted molar refractivity (Wildman–Crippen MR) is 77.9 cm³/mol. The van der Waals surface area contributed by atoms with Crippen molar-refractivity contribution < 1.29 is 0 Å². The van der Waals surface area contributed by atoms with Crippen LogP contribution >= 0.6 is 11.6 Å². The number of halogens is 1. The summed E-state index contributed by atoms with van der Waals surface area (Å²) in [6, 6.07) is 9.28. The van der Waals surface area contributed by atoms with Gasteiger partial charge in [0.05, 0.1) is 0 Å². The normalized spacial score (nSPS) is 24.1. The summed E-state index contributed by atoms with van der Waals surface area (Å²) in [6.45, 7) is 5.53. The van der Waals surface area contributed by atoms with Gasteiger partial charge in [-0.05, 0) is 50.4 Å². The van der Waals surface area contributed by atoms with Crippen molar-refractivity contribution in [3.63, 3.8) is 0 Å². The van der Waals surface area contributed by atoms with E-state index >= 15 is 0 Å². The van der Waals surface area contributed by atoms with Crippen LogP contribution in [0.1, 0.15) is 44.7 Å². The van der Waals surface area contributed by atoms with Crippen LogP contribution < -0.4 is 5.73 Å². The third-order valence-corrected chi connectivity index (χ3v) is 4.21. The maximum Gasteiger partial charge on any atom is 0.0499 e. The van der Waals surface area contributed by atoms with Crippen LogP contribution in [0.15, 0.2) is 24.3 Å². The minimum Gasteiger partial charge on any atom is -0.326 e. The standard InChI is InChI=1S/C15H23ClN2/c1-3-14-5-4-10-18(14)15(11(2)17)12-6-8-13(16)9-7-12/h6-9,11,14-15H,3-5,10,17H2,1-2H3. The summed E-state index contributed by atoms with van der Waals surface area (Å²) in [7, 11) is 0. The van der Waals surface area contributed by atoms with Gasteiger partial charge in [0.1, 0.15) is 0 Å². The Morgan fingerprint density at radius 2 is 2.06 bits per heavy atom. The number of nitrogens with two attached hydrogens (primary N) is 1. The second-order valence-electron chi connectivity index (χ2n) is 5.30. The zero-order valence-electron chi connectivity index (χ0n) is 11.3. The minimum atomic E-state index is 0.137. The lowest BCUT2D eigenvalue weighted by Crippen LogP contribution is -2.41. The van der Waals surface area contributed by atoms with Gasteiger partial charge in [-0.15, -0.1) is 0 Å². The number of hydrogen-bond donors (Lipinski definition) is 1. The van der Waals surface area contributed by atoms with Crippen LogP contribution in [0.2, 0.25) is 5.02 Å². The van der Waals surface area contributed by atoms with Crippen LogP contribution in [0.4, 0.5) is 0 Å². The molecule has 2 rings (SSSR count). The molecule has 1 aliphatic rings. The van der Waals surface area contributed by atoms with Crippen molar-refractivity contribution >= 4 is 11.6 Å². The van der Waals surface area contributed by atoms with Crippen LogP contribution in [-0.2, 0) is 0 Å². The fourth-order valence-electron chi connectivity index (χ4n) is 3.12. The van der Waals surface area contributed by atoms with Crippen molar-refractivity contribution in [1.82, 2.24) is 4.90 Å². The largest absolute Gasteiger partial charge is 0.326 e. The third kappa shape index (κ3) is 2.87. The smallest absolute Gasteiger partial charge is 0.0499 e. The van der Waals surface area contributed by atoms with E-state index in [4.69, 9.17) is 17.3 Å². The van der Waals surface area contributed by atoms with Gasteiger partial charge >= 0.3 is 0 Å². The van der Waals surface area contributed by atoms with E-state index in [0.717, 1.165) is 11.6 Å². The van der Waals surface area contributed by atoms with Gasteiger partial charge in [-0.2, -0.15) is 0 Å². The van der Waals surface area contributed by atoms with Crippen molar-refractivity contribution in [2.24, 2.45) is 5.73 Å². The van der Waals surface area contributed by atoms with Crippen molar-refractivity contribution in [1.29, 1.82) is 0 Å². The molecule has 3 atom stereocenters. The van der Waals surface area contributed by atoms with Crippen LogP contribution in [0.25, 0.3) is 0 Å². The summed E-state index contributed by atoms with van der Waals surface area (Å²) in [5, 5.41) is 0.788. The molecule has 1 aliphatic heterocycles. The van der Waals surface area contributed by atoms with E-state index in [2.05, 4.69) is 30.9 Å². The number of likely N-dealkylation sites (tertiary alicyclic amines) is 1. The summed E-state index contributed by atoms with van der Waals surface area (Å²) in [4.78, 5) is 2.58. The zero-order valence-corrected chi connectivity index (χ0v) is 12.0. The maximum atomic E-state index is 6.23. The monoisotopic (exact) mass is 266 g/mol. The van der Waals surface area contributed by atoms with E-state index in [1.165, 1.54) is 24.8 Å². The number of benzene rings is 1. The predicted octanol–water partition coefficient (Wildman–Crippen LogP) is 3.60. The van der Waals surface area contributed by atoms with E-state index < -0.39 is 0 Å². The summed E-state index contributed by atoms with van der Waals surface area (Å²) >= 11 is 5.97. The van der Waals surface area contributed by atoms with E-state index in [1.807, 2.05) is 12.1 Å². The van der Waals surface area contributed by atoms with Gasteiger partial charge in [-0.3, -0.25) is 4.90 Å². The molecule has 100 valence electrons. The second kappa shape index (κ2) is 6.05. The Morgan fingerprint density at radius 3 is 2.61 bits per heavy atom. The molecule has 0 aliphatic carbocycles. The van der Waals surface area contributed by atoms with Crippen LogP contribution in [0.3, 0.4) is 0 Å². The first-order chi connectivity index (χ1) is 8.63. The van der Waals surface area contributed by atoms with Crippen molar-refractivity contribution in [2.75, 3.05) is 6.54 Å². The SMILES string of the molecule is CCC1CCCN1C(c1ccc(Cl)cc1)C(C)N. The Morgan fingerprint density at radius 1 is 1.39 bits per heavy atom. The molecular weight excluding hydrogens is 244 g/mol. The molecule has 3 unspecified atom stereocenters. The Labute approximate surface area is 115 Å². The summed E-state index contributed by atoms with van der Waals surface area (Å²) in [6.07, 6.45) is 3.79. The number of hydrogen-bond acceptors (Lipinski definition) is 2. The van der Waals surface area contributed by atoms with Crippen LogP contribution in [-0.4, -0.2) is 23.5 Å². The molecule has 0 saturated carbocycles. The quantitative estimate of drug-likeness (QED) is 0.902. The molecule has 18 heavy (non-hydrogen) atoms. The molecule has 1 aromatic rings. The first-order valence-corrected chi connectivity index (χ1v) is 7.28. The van der Waals surface area contributed by atoms with Gasteiger partial charge in [0.2, 0.25) is 0 Å². The van der Waals surface area contributed by atoms with E-state index in [0.29, 0.717) is 12.1 Å². The average Bonchev–Trinajstić information content (AvgIpc) is 2.79.